The lowest BCUT2D eigenvalue weighted by Gasteiger charge is -2.36. The summed E-state index contributed by atoms with van der Waals surface area (Å²) in [6.07, 6.45) is 0. The van der Waals surface area contributed by atoms with Crippen LogP contribution in [0.25, 0.3) is 11.0 Å². The molecule has 0 atom stereocenters. The first-order valence-corrected chi connectivity index (χ1v) is 11.8. The van der Waals surface area contributed by atoms with Gasteiger partial charge in [-0.3, -0.25) is 4.90 Å². The fraction of sp³-hybridized carbons (Fsp3) is 0.192. The van der Waals surface area contributed by atoms with E-state index in [1.165, 1.54) is 0 Å². The van der Waals surface area contributed by atoms with Gasteiger partial charge in [0.05, 0.1) is 22.7 Å². The molecule has 0 aliphatic carbocycles. The summed E-state index contributed by atoms with van der Waals surface area (Å²) in [6, 6.07) is 23.0. The Hall–Kier alpha value is -3.37. The second-order valence-corrected chi connectivity index (χ2v) is 9.04. The molecule has 1 aliphatic rings. The molecule has 34 heavy (non-hydrogen) atoms. The predicted octanol–water partition coefficient (Wildman–Crippen LogP) is 5.87. The first-order chi connectivity index (χ1) is 16.6. The van der Waals surface area contributed by atoms with Crippen LogP contribution in [0.3, 0.4) is 0 Å². The highest BCUT2D eigenvalue weighted by Gasteiger charge is 2.22. The van der Waals surface area contributed by atoms with E-state index in [1.807, 2.05) is 54.6 Å². The molecule has 3 aromatic carbocycles. The highest BCUT2D eigenvalue weighted by molar-refractivity contribution is 6.33. The van der Waals surface area contributed by atoms with Gasteiger partial charge in [-0.05, 0) is 60.2 Å². The van der Waals surface area contributed by atoms with Crippen molar-refractivity contribution < 1.29 is 0 Å². The minimum absolute atomic E-state index is 0.617. The highest BCUT2D eigenvalue weighted by Crippen LogP contribution is 2.29. The predicted molar refractivity (Wildman–Crippen MR) is 138 cm³/mol. The molecule has 0 unspecified atom stereocenters. The molecule has 0 bridgehead atoms. The van der Waals surface area contributed by atoms with Gasteiger partial charge in [-0.25, -0.2) is 9.97 Å². The first-order valence-electron chi connectivity index (χ1n) is 11.0. The second kappa shape index (κ2) is 9.86. The molecule has 1 N–H and O–H groups in total. The zero-order valence-corrected chi connectivity index (χ0v) is 19.9. The standard InChI is InChI=1S/C26H22Cl2N6/c27-20-7-10-22(28)19(15-20)17-33-11-13-34(14-12-33)26-25(30-21-8-5-18(16-29)6-9-21)31-23-3-1-2-4-24(23)32-26/h1-10,15H,11-14,17H2,(H,30,31). The van der Waals surface area contributed by atoms with Crippen molar-refractivity contribution in [3.05, 3.63) is 87.9 Å². The molecular weight excluding hydrogens is 467 g/mol. The number of aromatic nitrogens is 2. The zero-order chi connectivity index (χ0) is 23.5. The zero-order valence-electron chi connectivity index (χ0n) is 18.4. The maximum atomic E-state index is 9.08. The monoisotopic (exact) mass is 488 g/mol. The van der Waals surface area contributed by atoms with Gasteiger partial charge in [-0.15, -0.1) is 0 Å². The lowest BCUT2D eigenvalue weighted by Crippen LogP contribution is -2.46. The van der Waals surface area contributed by atoms with Gasteiger partial charge in [-0.2, -0.15) is 5.26 Å². The SMILES string of the molecule is N#Cc1ccc(Nc2nc3ccccc3nc2N2CCN(Cc3cc(Cl)ccc3Cl)CC2)cc1. The molecule has 1 aliphatic heterocycles. The van der Waals surface area contributed by atoms with Gasteiger partial charge >= 0.3 is 0 Å². The van der Waals surface area contributed by atoms with Gasteiger partial charge in [0.1, 0.15) is 0 Å². The summed E-state index contributed by atoms with van der Waals surface area (Å²) < 4.78 is 0. The fourth-order valence-electron chi connectivity index (χ4n) is 4.08. The topological polar surface area (TPSA) is 68.1 Å². The van der Waals surface area contributed by atoms with E-state index in [1.54, 1.807) is 12.1 Å². The third-order valence-corrected chi connectivity index (χ3v) is 6.51. The lowest BCUT2D eigenvalue weighted by atomic mass is 10.2. The number of fused-ring (bicyclic) bond motifs is 1. The largest absolute Gasteiger partial charge is 0.351 e. The van der Waals surface area contributed by atoms with Gasteiger partial charge in [-0.1, -0.05) is 35.3 Å². The van der Waals surface area contributed by atoms with Crippen LogP contribution in [0.5, 0.6) is 0 Å². The normalized spacial score (nSPS) is 14.2. The molecule has 2 heterocycles. The molecule has 0 radical (unpaired) electrons. The van der Waals surface area contributed by atoms with Crippen molar-refractivity contribution in [1.82, 2.24) is 14.9 Å². The van der Waals surface area contributed by atoms with Crippen LogP contribution in [-0.2, 0) is 6.54 Å². The number of nitrogens with one attached hydrogen (secondary N) is 1. The van der Waals surface area contributed by atoms with Crippen molar-refractivity contribution in [3.8, 4) is 6.07 Å². The second-order valence-electron chi connectivity index (χ2n) is 8.20. The summed E-state index contributed by atoms with van der Waals surface area (Å²) in [5, 5.41) is 13.9. The van der Waals surface area contributed by atoms with Crippen molar-refractivity contribution in [1.29, 1.82) is 5.26 Å². The number of benzene rings is 3. The number of para-hydroxylation sites is 2. The van der Waals surface area contributed by atoms with E-state index in [4.69, 9.17) is 38.4 Å². The van der Waals surface area contributed by atoms with Crippen LogP contribution < -0.4 is 10.2 Å². The summed E-state index contributed by atoms with van der Waals surface area (Å²) in [6.45, 7) is 4.12. The Kier molecular flexibility index (Phi) is 6.50. The summed E-state index contributed by atoms with van der Waals surface area (Å²) in [5.74, 6) is 1.53. The number of nitrogens with zero attached hydrogens (tertiary/aromatic N) is 5. The molecule has 0 saturated carbocycles. The Morgan fingerprint density at radius 1 is 0.882 bits per heavy atom. The van der Waals surface area contributed by atoms with E-state index in [-0.39, 0.29) is 0 Å². The van der Waals surface area contributed by atoms with Crippen LogP contribution in [0.4, 0.5) is 17.3 Å². The number of piperazine rings is 1. The molecule has 1 saturated heterocycles. The molecular formula is C26H22Cl2N6. The van der Waals surface area contributed by atoms with Crippen molar-refractivity contribution >= 4 is 51.6 Å². The molecule has 1 aromatic heterocycles. The lowest BCUT2D eigenvalue weighted by molar-refractivity contribution is 0.249. The summed E-state index contributed by atoms with van der Waals surface area (Å²) in [7, 11) is 0. The Morgan fingerprint density at radius 2 is 1.59 bits per heavy atom. The third-order valence-electron chi connectivity index (χ3n) is 5.90. The summed E-state index contributed by atoms with van der Waals surface area (Å²) >= 11 is 12.5. The third kappa shape index (κ3) is 4.92. The fourth-order valence-corrected chi connectivity index (χ4v) is 4.46. The molecule has 8 heteroatoms. The van der Waals surface area contributed by atoms with Gasteiger partial charge in [0.15, 0.2) is 11.6 Å². The Bertz CT molecular complexity index is 1360. The van der Waals surface area contributed by atoms with Crippen molar-refractivity contribution in [2.75, 3.05) is 36.4 Å². The molecule has 1 fully saturated rings. The number of hydrogen-bond acceptors (Lipinski definition) is 6. The number of nitriles is 1. The number of rotatable bonds is 5. The molecule has 6 nitrogen and oxygen atoms in total. The molecule has 4 aromatic rings. The average molecular weight is 489 g/mol. The first kappa shape index (κ1) is 22.4. The smallest absolute Gasteiger partial charge is 0.174 e. The maximum absolute atomic E-state index is 9.08. The van der Waals surface area contributed by atoms with Gasteiger partial charge in [0, 0.05) is 48.5 Å². The van der Waals surface area contributed by atoms with Crippen molar-refractivity contribution in [2.24, 2.45) is 0 Å². The van der Waals surface area contributed by atoms with E-state index >= 15 is 0 Å². The van der Waals surface area contributed by atoms with Crippen LogP contribution in [0, 0.1) is 11.3 Å². The minimum Gasteiger partial charge on any atom is -0.351 e. The van der Waals surface area contributed by atoms with Gasteiger partial charge in [0.2, 0.25) is 0 Å². The van der Waals surface area contributed by atoms with Crippen LogP contribution in [0.2, 0.25) is 10.0 Å². The maximum Gasteiger partial charge on any atom is 0.174 e. The van der Waals surface area contributed by atoms with Crippen LogP contribution in [0.15, 0.2) is 66.7 Å². The van der Waals surface area contributed by atoms with Gasteiger partial charge in [0.25, 0.3) is 0 Å². The van der Waals surface area contributed by atoms with Crippen molar-refractivity contribution in [2.45, 2.75) is 6.54 Å². The van der Waals surface area contributed by atoms with Crippen LogP contribution in [0.1, 0.15) is 11.1 Å². The van der Waals surface area contributed by atoms with Crippen LogP contribution in [-0.4, -0.2) is 41.0 Å². The highest BCUT2D eigenvalue weighted by atomic mass is 35.5. The van der Waals surface area contributed by atoms with E-state index < -0.39 is 0 Å². The number of halogens is 2. The van der Waals surface area contributed by atoms with E-state index in [0.717, 1.165) is 65.8 Å². The quantitative estimate of drug-likeness (QED) is 0.378. The van der Waals surface area contributed by atoms with Crippen molar-refractivity contribution in [3.63, 3.8) is 0 Å². The summed E-state index contributed by atoms with van der Waals surface area (Å²) in [5.41, 5.74) is 4.20. The minimum atomic E-state index is 0.617. The number of anilines is 3. The average Bonchev–Trinajstić information content (AvgIpc) is 2.87. The Labute approximate surface area is 208 Å². The number of hydrogen-bond donors (Lipinski definition) is 1. The Balaban J connectivity index is 1.37. The van der Waals surface area contributed by atoms with E-state index in [9.17, 15) is 0 Å². The van der Waals surface area contributed by atoms with E-state index in [2.05, 4.69) is 21.2 Å². The molecule has 5 rings (SSSR count). The molecule has 0 spiro atoms. The Morgan fingerprint density at radius 3 is 2.29 bits per heavy atom. The summed E-state index contributed by atoms with van der Waals surface area (Å²) in [4.78, 5) is 14.5. The molecule has 0 amide bonds. The van der Waals surface area contributed by atoms with Crippen LogP contribution >= 0.6 is 23.2 Å². The van der Waals surface area contributed by atoms with E-state index in [0.29, 0.717) is 16.4 Å². The van der Waals surface area contributed by atoms with Gasteiger partial charge < -0.3 is 10.2 Å². The molecule has 170 valence electrons.